The summed E-state index contributed by atoms with van der Waals surface area (Å²) in [5.74, 6) is -0.0369. The SMILES string of the molecule is C=CCN(C(=O)CN1CCN(S(=O)(=O)c2c[nH]c3ncccc23)CC1)c1ccccc1. The number of fused-ring (bicyclic) bond motifs is 1. The third kappa shape index (κ3) is 4.39. The van der Waals surface area contributed by atoms with E-state index >= 15 is 0 Å². The molecule has 0 radical (unpaired) electrons. The van der Waals surface area contributed by atoms with Crippen molar-refractivity contribution in [1.29, 1.82) is 0 Å². The number of anilines is 1. The lowest BCUT2D eigenvalue weighted by Crippen LogP contribution is -2.51. The molecule has 162 valence electrons. The largest absolute Gasteiger partial charge is 0.345 e. The fourth-order valence-electron chi connectivity index (χ4n) is 3.78. The Kier molecular flexibility index (Phi) is 6.17. The van der Waals surface area contributed by atoms with Gasteiger partial charge in [0, 0.05) is 56.2 Å². The van der Waals surface area contributed by atoms with Gasteiger partial charge in [0.2, 0.25) is 15.9 Å². The van der Waals surface area contributed by atoms with Gasteiger partial charge in [-0.3, -0.25) is 9.69 Å². The molecule has 1 N–H and O–H groups in total. The Labute approximate surface area is 181 Å². The molecular formula is C22H25N5O3S. The maximum atomic E-state index is 13.1. The molecule has 0 saturated carbocycles. The lowest BCUT2D eigenvalue weighted by molar-refractivity contribution is -0.119. The van der Waals surface area contributed by atoms with Gasteiger partial charge in [-0.25, -0.2) is 13.4 Å². The molecule has 0 unspecified atom stereocenters. The van der Waals surface area contributed by atoms with E-state index < -0.39 is 10.0 Å². The number of carbonyl (C=O) groups is 1. The number of hydrogen-bond acceptors (Lipinski definition) is 5. The van der Waals surface area contributed by atoms with Crippen molar-refractivity contribution in [2.24, 2.45) is 0 Å². The van der Waals surface area contributed by atoms with E-state index in [9.17, 15) is 13.2 Å². The average molecular weight is 440 g/mol. The molecule has 3 heterocycles. The van der Waals surface area contributed by atoms with Gasteiger partial charge in [-0.15, -0.1) is 6.58 Å². The van der Waals surface area contributed by atoms with E-state index in [2.05, 4.69) is 16.5 Å². The van der Waals surface area contributed by atoms with Gasteiger partial charge in [0.05, 0.1) is 6.54 Å². The maximum Gasteiger partial charge on any atom is 0.245 e. The smallest absolute Gasteiger partial charge is 0.245 e. The molecule has 1 amide bonds. The molecule has 0 bridgehead atoms. The van der Waals surface area contributed by atoms with Gasteiger partial charge in [-0.05, 0) is 24.3 Å². The zero-order chi connectivity index (χ0) is 21.8. The molecule has 9 heteroatoms. The summed E-state index contributed by atoms with van der Waals surface area (Å²) in [6, 6.07) is 12.9. The summed E-state index contributed by atoms with van der Waals surface area (Å²) in [6.45, 7) is 6.04. The second-order valence-corrected chi connectivity index (χ2v) is 9.27. The summed E-state index contributed by atoms with van der Waals surface area (Å²) >= 11 is 0. The van der Waals surface area contributed by atoms with Gasteiger partial charge >= 0.3 is 0 Å². The van der Waals surface area contributed by atoms with Crippen LogP contribution < -0.4 is 4.90 Å². The number of nitrogens with one attached hydrogen (secondary N) is 1. The van der Waals surface area contributed by atoms with E-state index in [0.29, 0.717) is 43.8 Å². The molecule has 8 nitrogen and oxygen atoms in total. The van der Waals surface area contributed by atoms with Crippen LogP contribution in [0.15, 0.2) is 72.4 Å². The number of nitrogens with zero attached hydrogens (tertiary/aromatic N) is 4. The zero-order valence-corrected chi connectivity index (χ0v) is 18.0. The number of piperazine rings is 1. The van der Waals surface area contributed by atoms with Crippen molar-refractivity contribution in [3.05, 3.63) is 67.5 Å². The Morgan fingerprint density at radius 2 is 1.87 bits per heavy atom. The lowest BCUT2D eigenvalue weighted by atomic mass is 10.2. The van der Waals surface area contributed by atoms with Gasteiger partial charge in [-0.1, -0.05) is 24.3 Å². The molecule has 0 aliphatic carbocycles. The van der Waals surface area contributed by atoms with Crippen LogP contribution in [0, 0.1) is 0 Å². The Morgan fingerprint density at radius 1 is 1.13 bits per heavy atom. The van der Waals surface area contributed by atoms with Crippen LogP contribution in [-0.2, 0) is 14.8 Å². The van der Waals surface area contributed by atoms with Crippen LogP contribution in [0.3, 0.4) is 0 Å². The number of rotatable bonds is 7. The molecule has 4 rings (SSSR count). The van der Waals surface area contributed by atoms with Crippen molar-refractivity contribution in [1.82, 2.24) is 19.2 Å². The number of sulfonamides is 1. The third-order valence-corrected chi connectivity index (χ3v) is 7.34. The van der Waals surface area contributed by atoms with Crippen molar-refractivity contribution in [3.8, 4) is 0 Å². The van der Waals surface area contributed by atoms with E-state index in [1.807, 2.05) is 35.2 Å². The summed E-state index contributed by atoms with van der Waals surface area (Å²) < 4.78 is 27.8. The van der Waals surface area contributed by atoms with Gasteiger partial charge in [0.25, 0.3) is 0 Å². The number of benzene rings is 1. The number of amides is 1. The minimum atomic E-state index is -3.64. The summed E-state index contributed by atoms with van der Waals surface area (Å²) in [6.07, 6.45) is 4.82. The van der Waals surface area contributed by atoms with Crippen LogP contribution in [0.5, 0.6) is 0 Å². The number of hydrogen-bond donors (Lipinski definition) is 1. The second-order valence-electron chi connectivity index (χ2n) is 7.36. The minimum absolute atomic E-state index is 0.0369. The highest BCUT2D eigenvalue weighted by molar-refractivity contribution is 7.89. The lowest BCUT2D eigenvalue weighted by Gasteiger charge is -2.34. The molecule has 1 aromatic carbocycles. The van der Waals surface area contributed by atoms with E-state index in [4.69, 9.17) is 0 Å². The van der Waals surface area contributed by atoms with E-state index in [0.717, 1.165) is 5.69 Å². The highest BCUT2D eigenvalue weighted by Gasteiger charge is 2.31. The van der Waals surface area contributed by atoms with E-state index in [1.165, 1.54) is 10.5 Å². The van der Waals surface area contributed by atoms with E-state index in [1.54, 1.807) is 29.3 Å². The van der Waals surface area contributed by atoms with Crippen LogP contribution >= 0.6 is 0 Å². The van der Waals surface area contributed by atoms with Crippen molar-refractivity contribution >= 4 is 32.7 Å². The predicted octanol–water partition coefficient (Wildman–Crippen LogP) is 2.09. The van der Waals surface area contributed by atoms with Gasteiger partial charge < -0.3 is 9.88 Å². The summed E-state index contributed by atoms with van der Waals surface area (Å²) in [7, 11) is -3.64. The Hall–Kier alpha value is -3.01. The molecule has 1 saturated heterocycles. The molecule has 0 spiro atoms. The van der Waals surface area contributed by atoms with Gasteiger partial charge in [0.15, 0.2) is 0 Å². The monoisotopic (exact) mass is 439 g/mol. The first-order valence-corrected chi connectivity index (χ1v) is 11.6. The highest BCUT2D eigenvalue weighted by Crippen LogP contribution is 2.25. The van der Waals surface area contributed by atoms with Crippen molar-refractivity contribution in [3.63, 3.8) is 0 Å². The number of carbonyl (C=O) groups excluding carboxylic acids is 1. The quantitative estimate of drug-likeness (QED) is 0.570. The first kappa shape index (κ1) is 21.2. The fraction of sp³-hybridized carbons (Fsp3) is 0.273. The fourth-order valence-corrected chi connectivity index (χ4v) is 5.35. The van der Waals surface area contributed by atoms with Crippen LogP contribution in [0.25, 0.3) is 11.0 Å². The maximum absolute atomic E-state index is 13.1. The van der Waals surface area contributed by atoms with E-state index in [-0.39, 0.29) is 17.3 Å². The summed E-state index contributed by atoms with van der Waals surface area (Å²) in [5, 5.41) is 0.586. The molecule has 3 aromatic rings. The standard InChI is InChI=1S/C22H25N5O3S/c1-2-11-27(18-7-4-3-5-8-18)21(28)17-25-12-14-26(15-13-25)31(29,30)20-16-24-22-19(20)9-6-10-23-22/h2-10,16H,1,11-15,17H2,(H,23,24). The predicted molar refractivity (Wildman–Crippen MR) is 120 cm³/mol. The number of aromatic nitrogens is 2. The Balaban J connectivity index is 1.41. The summed E-state index contributed by atoms with van der Waals surface area (Å²) in [4.78, 5) is 23.9. The zero-order valence-electron chi connectivity index (χ0n) is 17.1. The molecular weight excluding hydrogens is 414 g/mol. The van der Waals surface area contributed by atoms with Crippen molar-refractivity contribution in [2.75, 3.05) is 44.2 Å². The number of aromatic amines is 1. The normalized spacial score (nSPS) is 15.7. The first-order valence-electron chi connectivity index (χ1n) is 10.1. The topological polar surface area (TPSA) is 89.6 Å². The third-order valence-electron chi connectivity index (χ3n) is 5.40. The van der Waals surface area contributed by atoms with Crippen LogP contribution in [0.4, 0.5) is 5.69 Å². The Morgan fingerprint density at radius 3 is 2.58 bits per heavy atom. The van der Waals surface area contributed by atoms with Crippen molar-refractivity contribution in [2.45, 2.75) is 4.90 Å². The van der Waals surface area contributed by atoms with Crippen LogP contribution in [0.1, 0.15) is 0 Å². The minimum Gasteiger partial charge on any atom is -0.345 e. The molecule has 2 aromatic heterocycles. The van der Waals surface area contributed by atoms with Gasteiger partial charge in [-0.2, -0.15) is 4.31 Å². The molecule has 0 atom stereocenters. The first-order chi connectivity index (χ1) is 15.0. The summed E-state index contributed by atoms with van der Waals surface area (Å²) in [5.41, 5.74) is 1.37. The highest BCUT2D eigenvalue weighted by atomic mass is 32.2. The second kappa shape index (κ2) is 9.01. The molecule has 1 aliphatic rings. The molecule has 1 fully saturated rings. The number of H-pyrrole nitrogens is 1. The Bertz CT molecular complexity index is 1170. The van der Waals surface area contributed by atoms with Gasteiger partial charge in [0.1, 0.15) is 10.5 Å². The molecule has 31 heavy (non-hydrogen) atoms. The molecule has 1 aliphatic heterocycles. The number of para-hydroxylation sites is 1. The number of pyridine rings is 1. The van der Waals surface area contributed by atoms with Crippen LogP contribution in [0.2, 0.25) is 0 Å². The van der Waals surface area contributed by atoms with Crippen LogP contribution in [-0.4, -0.2) is 72.8 Å². The average Bonchev–Trinajstić information content (AvgIpc) is 3.23. The van der Waals surface area contributed by atoms with Crippen molar-refractivity contribution < 1.29 is 13.2 Å².